The molecule has 1 unspecified atom stereocenters. The maximum absolute atomic E-state index is 13.0. The second-order valence-corrected chi connectivity index (χ2v) is 5.39. The van der Waals surface area contributed by atoms with Gasteiger partial charge in [0.1, 0.15) is 0 Å². The number of halogens is 3. The molecule has 4 heteroatoms. The van der Waals surface area contributed by atoms with Gasteiger partial charge in [-0.1, -0.05) is 19.9 Å². The lowest BCUT2D eigenvalue weighted by Gasteiger charge is -2.33. The first-order valence-electron chi connectivity index (χ1n) is 6.87. The molecule has 19 heavy (non-hydrogen) atoms. The Bertz CT molecular complexity index is 440. The fourth-order valence-corrected chi connectivity index (χ4v) is 2.76. The van der Waals surface area contributed by atoms with E-state index in [-0.39, 0.29) is 0 Å². The first-order chi connectivity index (χ1) is 8.91. The smallest absolute Gasteiger partial charge is 0.371 e. The minimum Gasteiger partial charge on any atom is -0.371 e. The monoisotopic (exact) mass is 271 g/mol. The summed E-state index contributed by atoms with van der Waals surface area (Å²) in [6, 6.07) is 4.76. The van der Waals surface area contributed by atoms with Gasteiger partial charge in [-0.15, -0.1) is 0 Å². The number of hydrogen-bond acceptors (Lipinski definition) is 1. The number of piperidine rings is 1. The van der Waals surface area contributed by atoms with E-state index in [1.54, 1.807) is 13.0 Å². The lowest BCUT2D eigenvalue weighted by Crippen LogP contribution is -2.34. The molecule has 0 aliphatic carbocycles. The molecule has 0 N–H and O–H groups in total. The minimum absolute atomic E-state index is 0.376. The summed E-state index contributed by atoms with van der Waals surface area (Å²) >= 11 is 0. The lowest BCUT2D eigenvalue weighted by molar-refractivity contribution is -0.138. The van der Waals surface area contributed by atoms with Gasteiger partial charge in [0.2, 0.25) is 0 Å². The van der Waals surface area contributed by atoms with Gasteiger partial charge in [-0.3, -0.25) is 0 Å². The molecule has 2 rings (SSSR count). The number of rotatable bonds is 2. The van der Waals surface area contributed by atoms with Crippen LogP contribution in [0.1, 0.15) is 37.8 Å². The second kappa shape index (κ2) is 5.43. The molecule has 1 aromatic rings. The molecule has 1 saturated heterocycles. The van der Waals surface area contributed by atoms with Crippen LogP contribution in [-0.2, 0) is 12.6 Å². The molecule has 0 bridgehead atoms. The summed E-state index contributed by atoms with van der Waals surface area (Å²) in [7, 11) is 0. The largest absolute Gasteiger partial charge is 0.416 e. The van der Waals surface area contributed by atoms with Crippen LogP contribution in [0, 0.1) is 5.92 Å². The zero-order chi connectivity index (χ0) is 14.0. The van der Waals surface area contributed by atoms with E-state index in [2.05, 4.69) is 11.8 Å². The number of anilines is 1. The van der Waals surface area contributed by atoms with E-state index < -0.39 is 11.7 Å². The normalized spacial score (nSPS) is 20.7. The number of alkyl halides is 3. The van der Waals surface area contributed by atoms with Crippen LogP contribution in [0.4, 0.5) is 18.9 Å². The fraction of sp³-hybridized carbons (Fsp3) is 0.600. The average molecular weight is 271 g/mol. The Balaban J connectivity index is 2.32. The van der Waals surface area contributed by atoms with Gasteiger partial charge < -0.3 is 4.90 Å². The molecule has 1 heterocycles. The summed E-state index contributed by atoms with van der Waals surface area (Å²) in [6.07, 6.45) is -1.64. The van der Waals surface area contributed by atoms with Gasteiger partial charge in [-0.2, -0.15) is 13.2 Å². The molecular formula is C15H20F3N. The third kappa shape index (κ3) is 3.23. The fourth-order valence-electron chi connectivity index (χ4n) is 2.76. The Labute approximate surface area is 112 Å². The summed E-state index contributed by atoms with van der Waals surface area (Å²) in [6.45, 7) is 5.61. The summed E-state index contributed by atoms with van der Waals surface area (Å²) in [5, 5.41) is 0. The van der Waals surface area contributed by atoms with Crippen LogP contribution in [0.2, 0.25) is 0 Å². The highest BCUT2D eigenvalue weighted by Gasteiger charge is 2.33. The van der Waals surface area contributed by atoms with Crippen molar-refractivity contribution in [3.8, 4) is 0 Å². The quantitative estimate of drug-likeness (QED) is 0.765. The van der Waals surface area contributed by atoms with Crippen LogP contribution in [0.5, 0.6) is 0 Å². The van der Waals surface area contributed by atoms with E-state index in [1.165, 1.54) is 6.07 Å². The van der Waals surface area contributed by atoms with E-state index in [0.717, 1.165) is 25.9 Å². The first kappa shape index (κ1) is 14.2. The van der Waals surface area contributed by atoms with Crippen LogP contribution in [0.25, 0.3) is 0 Å². The highest BCUT2D eigenvalue weighted by molar-refractivity contribution is 5.52. The van der Waals surface area contributed by atoms with Gasteiger partial charge in [0, 0.05) is 18.8 Å². The summed E-state index contributed by atoms with van der Waals surface area (Å²) < 4.78 is 39.1. The second-order valence-electron chi connectivity index (χ2n) is 5.39. The summed E-state index contributed by atoms with van der Waals surface area (Å²) in [4.78, 5) is 2.07. The molecule has 1 aliphatic heterocycles. The van der Waals surface area contributed by atoms with Crippen molar-refractivity contribution in [1.82, 2.24) is 0 Å². The molecule has 106 valence electrons. The lowest BCUT2D eigenvalue weighted by atomic mass is 9.98. The third-order valence-electron chi connectivity index (χ3n) is 3.80. The maximum Gasteiger partial charge on any atom is 0.416 e. The van der Waals surface area contributed by atoms with Gasteiger partial charge in [0.15, 0.2) is 0 Å². The highest BCUT2D eigenvalue weighted by atomic mass is 19.4. The van der Waals surface area contributed by atoms with Crippen molar-refractivity contribution in [3.05, 3.63) is 29.3 Å². The number of benzene rings is 1. The van der Waals surface area contributed by atoms with Crippen molar-refractivity contribution in [2.75, 3.05) is 18.0 Å². The van der Waals surface area contributed by atoms with E-state index in [4.69, 9.17) is 0 Å². The van der Waals surface area contributed by atoms with Gasteiger partial charge >= 0.3 is 6.18 Å². The van der Waals surface area contributed by atoms with Crippen molar-refractivity contribution in [3.63, 3.8) is 0 Å². The van der Waals surface area contributed by atoms with Crippen LogP contribution >= 0.6 is 0 Å². The molecule has 0 radical (unpaired) electrons. The molecule has 0 amide bonds. The van der Waals surface area contributed by atoms with E-state index >= 15 is 0 Å². The summed E-state index contributed by atoms with van der Waals surface area (Å²) in [5.41, 5.74) is 0.600. The zero-order valence-corrected chi connectivity index (χ0v) is 11.4. The number of aryl methyl sites for hydroxylation is 1. The van der Waals surface area contributed by atoms with Gasteiger partial charge in [-0.25, -0.2) is 0 Å². The minimum atomic E-state index is -4.26. The molecule has 1 aliphatic rings. The first-order valence-corrected chi connectivity index (χ1v) is 6.87. The molecule has 1 atom stereocenters. The number of hydrogen-bond donors (Lipinski definition) is 0. The van der Waals surface area contributed by atoms with Crippen molar-refractivity contribution in [2.24, 2.45) is 5.92 Å². The van der Waals surface area contributed by atoms with Gasteiger partial charge in [0.05, 0.1) is 5.56 Å². The molecule has 1 nitrogen and oxygen atoms in total. The third-order valence-corrected chi connectivity index (χ3v) is 3.80. The van der Waals surface area contributed by atoms with Crippen LogP contribution in [-0.4, -0.2) is 13.1 Å². The Hall–Kier alpha value is -1.19. The highest BCUT2D eigenvalue weighted by Crippen LogP contribution is 2.35. The molecular weight excluding hydrogens is 251 g/mol. The van der Waals surface area contributed by atoms with Crippen molar-refractivity contribution < 1.29 is 13.2 Å². The van der Waals surface area contributed by atoms with Gasteiger partial charge in [-0.05, 0) is 42.9 Å². The standard InChI is InChI=1S/C15H20F3N/c1-3-12-6-7-13(9-14(12)15(16,17)18)19-8-4-5-11(2)10-19/h6-7,9,11H,3-5,8,10H2,1-2H3. The van der Waals surface area contributed by atoms with Gasteiger partial charge in [0.25, 0.3) is 0 Å². The SMILES string of the molecule is CCc1ccc(N2CCCC(C)C2)cc1C(F)(F)F. The van der Waals surface area contributed by atoms with E-state index in [9.17, 15) is 13.2 Å². The number of nitrogens with zero attached hydrogens (tertiary/aromatic N) is 1. The topological polar surface area (TPSA) is 3.24 Å². The predicted octanol–water partition coefficient (Wildman–Crippen LogP) is 4.50. The molecule has 1 aromatic carbocycles. The van der Waals surface area contributed by atoms with E-state index in [0.29, 0.717) is 23.6 Å². The zero-order valence-electron chi connectivity index (χ0n) is 11.4. The molecule has 0 aromatic heterocycles. The van der Waals surface area contributed by atoms with Crippen molar-refractivity contribution in [1.29, 1.82) is 0 Å². The predicted molar refractivity (Wildman–Crippen MR) is 71.4 cm³/mol. The van der Waals surface area contributed by atoms with Crippen LogP contribution < -0.4 is 4.90 Å². The summed E-state index contributed by atoms with van der Waals surface area (Å²) in [5.74, 6) is 0.550. The molecule has 0 saturated carbocycles. The Morgan fingerprint density at radius 1 is 1.32 bits per heavy atom. The van der Waals surface area contributed by atoms with Crippen LogP contribution in [0.3, 0.4) is 0 Å². The average Bonchev–Trinajstić information content (AvgIpc) is 2.37. The molecule has 1 fully saturated rings. The maximum atomic E-state index is 13.0. The Kier molecular flexibility index (Phi) is 4.07. The Morgan fingerprint density at radius 3 is 2.63 bits per heavy atom. The molecule has 0 spiro atoms. The van der Waals surface area contributed by atoms with E-state index in [1.807, 2.05) is 6.07 Å². The Morgan fingerprint density at radius 2 is 2.05 bits per heavy atom. The van der Waals surface area contributed by atoms with Crippen molar-refractivity contribution >= 4 is 5.69 Å². The van der Waals surface area contributed by atoms with Crippen LogP contribution in [0.15, 0.2) is 18.2 Å². The van der Waals surface area contributed by atoms with Crippen molar-refractivity contribution in [2.45, 2.75) is 39.3 Å².